The number of hydrogen-bond donors (Lipinski definition) is 1. The lowest BCUT2D eigenvalue weighted by Gasteiger charge is -1.90. The molecule has 0 unspecified atom stereocenters. The third kappa shape index (κ3) is 1.54. The van der Waals surface area contributed by atoms with Crippen molar-refractivity contribution < 1.29 is 4.79 Å². The number of rotatable bonds is 1. The maximum atomic E-state index is 10.4. The minimum absolute atomic E-state index is 0.161. The Labute approximate surface area is 58.1 Å². The van der Waals surface area contributed by atoms with Gasteiger partial charge in [0.15, 0.2) is 0 Å². The van der Waals surface area contributed by atoms with Crippen molar-refractivity contribution in [1.29, 1.82) is 0 Å². The molecule has 10 heavy (non-hydrogen) atoms. The largest absolute Gasteiger partial charge is 0.293 e. The average molecular weight is 140 g/mol. The van der Waals surface area contributed by atoms with Crippen molar-refractivity contribution in [2.24, 2.45) is 7.05 Å². The van der Waals surface area contributed by atoms with Crippen molar-refractivity contribution in [3.05, 3.63) is 6.33 Å². The maximum Gasteiger partial charge on any atom is 0.248 e. The number of carbonyl (C=O) groups is 1. The Balaban J connectivity index is 2.67. The number of anilines is 1. The highest BCUT2D eigenvalue weighted by Crippen LogP contribution is 1.92. The summed E-state index contributed by atoms with van der Waals surface area (Å²) in [5.74, 6) is 0.182. The van der Waals surface area contributed by atoms with Crippen LogP contribution in [-0.2, 0) is 11.8 Å². The van der Waals surface area contributed by atoms with Gasteiger partial charge in [-0.1, -0.05) is 0 Å². The quantitative estimate of drug-likeness (QED) is 0.586. The highest BCUT2D eigenvalue weighted by atomic mass is 16.1. The number of hydrogen-bond acceptors (Lipinski definition) is 3. The van der Waals surface area contributed by atoms with E-state index in [9.17, 15) is 4.79 Å². The Bertz CT molecular complexity index is 242. The Kier molecular flexibility index (Phi) is 1.66. The summed E-state index contributed by atoms with van der Waals surface area (Å²) < 4.78 is 1.52. The lowest BCUT2D eigenvalue weighted by atomic mass is 10.7. The van der Waals surface area contributed by atoms with Crippen LogP contribution in [0, 0.1) is 0 Å². The Morgan fingerprint density at radius 3 is 2.90 bits per heavy atom. The fourth-order valence-electron chi connectivity index (χ4n) is 0.554. The molecule has 0 fully saturated rings. The van der Waals surface area contributed by atoms with Gasteiger partial charge in [0.05, 0.1) is 0 Å². The summed E-state index contributed by atoms with van der Waals surface area (Å²) in [5.41, 5.74) is 0. The zero-order chi connectivity index (χ0) is 7.56. The Hall–Kier alpha value is -1.39. The molecule has 5 nitrogen and oxygen atoms in total. The SMILES string of the molecule is CC(=O)Nc1ncn(C)n1. The average Bonchev–Trinajstić information content (AvgIpc) is 2.13. The van der Waals surface area contributed by atoms with E-state index in [2.05, 4.69) is 15.4 Å². The van der Waals surface area contributed by atoms with Crippen molar-refractivity contribution in [3.8, 4) is 0 Å². The number of nitrogens with zero attached hydrogens (tertiary/aromatic N) is 3. The molecule has 54 valence electrons. The van der Waals surface area contributed by atoms with Crippen LogP contribution in [0.3, 0.4) is 0 Å². The zero-order valence-electron chi connectivity index (χ0n) is 5.83. The lowest BCUT2D eigenvalue weighted by Crippen LogP contribution is -2.07. The van der Waals surface area contributed by atoms with Crippen molar-refractivity contribution in [3.63, 3.8) is 0 Å². The van der Waals surface area contributed by atoms with Crippen LogP contribution in [0.5, 0.6) is 0 Å². The Morgan fingerprint density at radius 2 is 2.50 bits per heavy atom. The number of aryl methyl sites for hydroxylation is 1. The molecular weight excluding hydrogens is 132 g/mol. The molecule has 1 aromatic rings. The van der Waals surface area contributed by atoms with E-state index in [0.717, 1.165) is 0 Å². The number of nitrogens with one attached hydrogen (secondary N) is 1. The van der Waals surface area contributed by atoms with Crippen molar-refractivity contribution in [2.75, 3.05) is 5.32 Å². The van der Waals surface area contributed by atoms with Crippen LogP contribution in [-0.4, -0.2) is 20.7 Å². The maximum absolute atomic E-state index is 10.4. The number of aromatic nitrogens is 3. The molecular formula is C5H8N4O. The van der Waals surface area contributed by atoms with Gasteiger partial charge in [-0.05, 0) is 0 Å². The van der Waals surface area contributed by atoms with E-state index in [0.29, 0.717) is 5.95 Å². The van der Waals surface area contributed by atoms with Crippen LogP contribution >= 0.6 is 0 Å². The van der Waals surface area contributed by atoms with Crippen molar-refractivity contribution in [2.45, 2.75) is 6.92 Å². The summed E-state index contributed by atoms with van der Waals surface area (Å²) in [6.45, 7) is 1.41. The van der Waals surface area contributed by atoms with Gasteiger partial charge in [-0.25, -0.2) is 4.98 Å². The van der Waals surface area contributed by atoms with Gasteiger partial charge in [-0.15, -0.1) is 5.10 Å². The predicted octanol–water partition coefficient (Wildman–Crippen LogP) is -0.227. The van der Waals surface area contributed by atoms with Gasteiger partial charge in [-0.3, -0.25) is 14.8 Å². The first-order valence-corrected chi connectivity index (χ1v) is 2.81. The minimum Gasteiger partial charge on any atom is -0.293 e. The molecule has 0 atom stereocenters. The van der Waals surface area contributed by atoms with Gasteiger partial charge in [0.2, 0.25) is 11.9 Å². The standard InChI is InChI=1S/C5H8N4O/c1-4(10)7-5-6-3-9(2)8-5/h3H,1-2H3,(H,7,8,10). The minimum atomic E-state index is -0.161. The lowest BCUT2D eigenvalue weighted by molar-refractivity contribution is -0.114. The summed E-state index contributed by atoms with van der Waals surface area (Å²) in [6.07, 6.45) is 1.52. The third-order valence-corrected chi connectivity index (χ3v) is 0.887. The normalized spacial score (nSPS) is 9.40. The fraction of sp³-hybridized carbons (Fsp3) is 0.400. The first-order chi connectivity index (χ1) is 4.68. The molecule has 0 radical (unpaired) electrons. The molecule has 0 bridgehead atoms. The van der Waals surface area contributed by atoms with Gasteiger partial charge in [0, 0.05) is 14.0 Å². The van der Waals surface area contributed by atoms with E-state index in [1.54, 1.807) is 7.05 Å². The summed E-state index contributed by atoms with van der Waals surface area (Å²) in [7, 11) is 1.73. The smallest absolute Gasteiger partial charge is 0.248 e. The highest BCUT2D eigenvalue weighted by molar-refractivity contribution is 5.86. The molecule has 1 rings (SSSR count). The van der Waals surface area contributed by atoms with Crippen LogP contribution in [0.4, 0.5) is 5.95 Å². The highest BCUT2D eigenvalue weighted by Gasteiger charge is 1.97. The molecule has 0 aliphatic carbocycles. The molecule has 1 amide bonds. The van der Waals surface area contributed by atoms with Gasteiger partial charge in [-0.2, -0.15) is 0 Å². The summed E-state index contributed by atoms with van der Waals surface area (Å²) >= 11 is 0. The van der Waals surface area contributed by atoms with E-state index >= 15 is 0 Å². The van der Waals surface area contributed by atoms with E-state index in [4.69, 9.17) is 0 Å². The second-order valence-electron chi connectivity index (χ2n) is 1.92. The fourth-order valence-corrected chi connectivity index (χ4v) is 0.554. The van der Waals surface area contributed by atoms with Crippen LogP contribution in [0.15, 0.2) is 6.33 Å². The van der Waals surface area contributed by atoms with Crippen LogP contribution in [0.1, 0.15) is 6.92 Å². The topological polar surface area (TPSA) is 59.8 Å². The van der Waals surface area contributed by atoms with Crippen LogP contribution in [0.2, 0.25) is 0 Å². The van der Waals surface area contributed by atoms with Gasteiger partial charge in [0.25, 0.3) is 0 Å². The number of amides is 1. The molecule has 0 saturated heterocycles. The van der Waals surface area contributed by atoms with E-state index < -0.39 is 0 Å². The summed E-state index contributed by atoms with van der Waals surface area (Å²) in [5, 5.41) is 6.27. The molecule has 1 N–H and O–H groups in total. The Morgan fingerprint density at radius 1 is 1.80 bits per heavy atom. The van der Waals surface area contributed by atoms with E-state index in [1.807, 2.05) is 0 Å². The number of carbonyl (C=O) groups excluding carboxylic acids is 1. The second kappa shape index (κ2) is 2.47. The van der Waals surface area contributed by atoms with Gasteiger partial charge >= 0.3 is 0 Å². The molecule has 0 aliphatic rings. The first-order valence-electron chi connectivity index (χ1n) is 2.81. The molecule has 0 spiro atoms. The zero-order valence-corrected chi connectivity index (χ0v) is 5.83. The van der Waals surface area contributed by atoms with E-state index in [1.165, 1.54) is 17.9 Å². The molecule has 1 heterocycles. The molecule has 1 aromatic heterocycles. The third-order valence-electron chi connectivity index (χ3n) is 0.887. The predicted molar refractivity (Wildman–Crippen MR) is 35.3 cm³/mol. The van der Waals surface area contributed by atoms with Crippen molar-refractivity contribution in [1.82, 2.24) is 14.8 Å². The summed E-state index contributed by atoms with van der Waals surface area (Å²) in [4.78, 5) is 14.2. The first kappa shape index (κ1) is 6.73. The second-order valence-corrected chi connectivity index (χ2v) is 1.92. The molecule has 0 aliphatic heterocycles. The van der Waals surface area contributed by atoms with Crippen molar-refractivity contribution >= 4 is 11.9 Å². The van der Waals surface area contributed by atoms with Gasteiger partial charge < -0.3 is 0 Å². The van der Waals surface area contributed by atoms with Crippen LogP contribution in [0.25, 0.3) is 0 Å². The van der Waals surface area contributed by atoms with E-state index in [-0.39, 0.29) is 5.91 Å². The molecule has 5 heteroatoms. The molecule has 0 saturated carbocycles. The van der Waals surface area contributed by atoms with Crippen LogP contribution < -0.4 is 5.32 Å². The van der Waals surface area contributed by atoms with Gasteiger partial charge in [0.1, 0.15) is 6.33 Å². The monoisotopic (exact) mass is 140 g/mol. The summed E-state index contributed by atoms with van der Waals surface area (Å²) in [6, 6.07) is 0. The molecule has 0 aromatic carbocycles.